The maximum Gasteiger partial charge on any atom is 0.00299 e. The minimum absolute atomic E-state index is 1.00. The first-order valence-corrected chi connectivity index (χ1v) is 5.60. The first kappa shape index (κ1) is 15.0. The zero-order valence-electron chi connectivity index (χ0n) is 9.95. The molecule has 13 heavy (non-hydrogen) atoms. The van der Waals surface area contributed by atoms with E-state index in [1.807, 2.05) is 27.8 Å². The van der Waals surface area contributed by atoms with E-state index in [2.05, 4.69) is 11.9 Å². The Morgan fingerprint density at radius 2 is 1.08 bits per heavy atom. The van der Waals surface area contributed by atoms with Crippen LogP contribution < -0.4 is 5.32 Å². The van der Waals surface area contributed by atoms with Gasteiger partial charge in [0.15, 0.2) is 0 Å². The highest BCUT2D eigenvalue weighted by molar-refractivity contribution is 4.80. The van der Waals surface area contributed by atoms with Gasteiger partial charge in [0.1, 0.15) is 0 Å². The van der Waals surface area contributed by atoms with Crippen molar-refractivity contribution in [3.63, 3.8) is 0 Å². The standard InChI is InChI=1S/C6H12.C4H9N.C2H6/c1-2-4-6-5-3-1;1-4(2)5-3;1-2/h1-6H2;5H,1H2,2-3H3;1-2H3. The summed E-state index contributed by atoms with van der Waals surface area (Å²) in [5.74, 6) is 0. The van der Waals surface area contributed by atoms with Crippen LogP contribution in [-0.2, 0) is 0 Å². The molecule has 1 nitrogen and oxygen atoms in total. The average Bonchev–Trinajstić information content (AvgIpc) is 2.24. The van der Waals surface area contributed by atoms with Gasteiger partial charge in [-0.3, -0.25) is 0 Å². The van der Waals surface area contributed by atoms with Crippen molar-refractivity contribution in [2.75, 3.05) is 7.05 Å². The zero-order chi connectivity index (χ0) is 10.5. The second-order valence-corrected chi connectivity index (χ2v) is 3.15. The molecular formula is C12H27N. The largest absolute Gasteiger partial charge is 0.392 e. The Labute approximate surface area is 84.6 Å². The van der Waals surface area contributed by atoms with Gasteiger partial charge in [0.2, 0.25) is 0 Å². The highest BCUT2D eigenvalue weighted by Crippen LogP contribution is 2.15. The Balaban J connectivity index is 0. The van der Waals surface area contributed by atoms with Crippen molar-refractivity contribution in [3.8, 4) is 0 Å². The summed E-state index contributed by atoms with van der Waals surface area (Å²) in [5.41, 5.74) is 1.00. The van der Waals surface area contributed by atoms with Crippen LogP contribution in [0.1, 0.15) is 59.3 Å². The van der Waals surface area contributed by atoms with Gasteiger partial charge in [-0.1, -0.05) is 59.0 Å². The van der Waals surface area contributed by atoms with E-state index in [-0.39, 0.29) is 0 Å². The molecule has 0 saturated heterocycles. The van der Waals surface area contributed by atoms with Crippen LogP contribution in [0.15, 0.2) is 12.3 Å². The average molecular weight is 185 g/mol. The van der Waals surface area contributed by atoms with Crippen LogP contribution in [0.2, 0.25) is 0 Å². The molecule has 0 aliphatic heterocycles. The van der Waals surface area contributed by atoms with Crippen LogP contribution >= 0.6 is 0 Å². The number of allylic oxidation sites excluding steroid dienone is 1. The van der Waals surface area contributed by atoms with Crippen molar-refractivity contribution in [1.82, 2.24) is 5.32 Å². The van der Waals surface area contributed by atoms with Crippen LogP contribution in [0.25, 0.3) is 0 Å². The van der Waals surface area contributed by atoms with Gasteiger partial charge in [0.05, 0.1) is 0 Å². The molecule has 1 heteroatoms. The second kappa shape index (κ2) is 14.1. The summed E-state index contributed by atoms with van der Waals surface area (Å²) < 4.78 is 0. The molecule has 1 aliphatic rings. The molecule has 1 rings (SSSR count). The van der Waals surface area contributed by atoms with Crippen molar-refractivity contribution in [2.45, 2.75) is 59.3 Å². The molecule has 1 N–H and O–H groups in total. The lowest BCUT2D eigenvalue weighted by Crippen LogP contribution is -1.98. The third kappa shape index (κ3) is 18.5. The lowest BCUT2D eigenvalue weighted by molar-refractivity contribution is 0.504. The molecule has 1 fully saturated rings. The topological polar surface area (TPSA) is 12.0 Å². The lowest BCUT2D eigenvalue weighted by atomic mass is 10.0. The summed E-state index contributed by atoms with van der Waals surface area (Å²) in [6.45, 7) is 9.48. The van der Waals surface area contributed by atoms with E-state index < -0.39 is 0 Å². The van der Waals surface area contributed by atoms with E-state index in [0.717, 1.165) is 5.70 Å². The molecule has 0 spiro atoms. The fraction of sp³-hybridized carbons (Fsp3) is 0.833. The predicted molar refractivity (Wildman–Crippen MR) is 62.9 cm³/mol. The molecular weight excluding hydrogens is 158 g/mol. The van der Waals surface area contributed by atoms with Gasteiger partial charge >= 0.3 is 0 Å². The molecule has 0 unspecified atom stereocenters. The Hall–Kier alpha value is -0.460. The number of hydrogen-bond acceptors (Lipinski definition) is 1. The van der Waals surface area contributed by atoms with Crippen LogP contribution in [-0.4, -0.2) is 7.05 Å². The van der Waals surface area contributed by atoms with E-state index in [1.165, 1.54) is 38.5 Å². The molecule has 80 valence electrons. The Morgan fingerprint density at radius 1 is 0.923 bits per heavy atom. The highest BCUT2D eigenvalue weighted by Gasteiger charge is 1.95. The van der Waals surface area contributed by atoms with Crippen LogP contribution in [0.4, 0.5) is 0 Å². The molecule has 0 aromatic rings. The number of hydrogen-bond donors (Lipinski definition) is 1. The fourth-order valence-electron chi connectivity index (χ4n) is 1.06. The molecule has 0 atom stereocenters. The molecule has 1 saturated carbocycles. The van der Waals surface area contributed by atoms with E-state index in [0.29, 0.717) is 0 Å². The minimum atomic E-state index is 1.00. The summed E-state index contributed by atoms with van der Waals surface area (Å²) in [6.07, 6.45) is 9.00. The summed E-state index contributed by atoms with van der Waals surface area (Å²) in [5, 5.41) is 2.83. The molecule has 0 aromatic carbocycles. The number of nitrogens with one attached hydrogen (secondary N) is 1. The molecule has 0 bridgehead atoms. The summed E-state index contributed by atoms with van der Waals surface area (Å²) in [7, 11) is 1.85. The van der Waals surface area contributed by atoms with Crippen LogP contribution in [0.5, 0.6) is 0 Å². The smallest absolute Gasteiger partial charge is 0.00299 e. The van der Waals surface area contributed by atoms with Gasteiger partial charge in [-0.15, -0.1) is 0 Å². The SMILES string of the molecule is C1CCCCC1.C=C(C)NC.CC. The Bertz CT molecular complexity index is 81.8. The first-order valence-electron chi connectivity index (χ1n) is 5.60. The maximum atomic E-state index is 3.56. The predicted octanol–water partition coefficient (Wildman–Crippen LogP) is 4.11. The van der Waals surface area contributed by atoms with E-state index in [4.69, 9.17) is 0 Å². The third-order valence-electron chi connectivity index (χ3n) is 1.93. The van der Waals surface area contributed by atoms with Crippen molar-refractivity contribution in [1.29, 1.82) is 0 Å². The van der Waals surface area contributed by atoms with E-state index in [9.17, 15) is 0 Å². The molecule has 1 aliphatic carbocycles. The normalized spacial score (nSPS) is 14.2. The van der Waals surface area contributed by atoms with Crippen LogP contribution in [0, 0.1) is 0 Å². The molecule has 0 heterocycles. The maximum absolute atomic E-state index is 3.56. The zero-order valence-corrected chi connectivity index (χ0v) is 9.95. The van der Waals surface area contributed by atoms with Gasteiger partial charge in [0.25, 0.3) is 0 Å². The minimum Gasteiger partial charge on any atom is -0.392 e. The third-order valence-corrected chi connectivity index (χ3v) is 1.93. The van der Waals surface area contributed by atoms with Crippen molar-refractivity contribution >= 4 is 0 Å². The fourth-order valence-corrected chi connectivity index (χ4v) is 1.06. The van der Waals surface area contributed by atoms with Gasteiger partial charge in [-0.25, -0.2) is 0 Å². The lowest BCUT2D eigenvalue weighted by Gasteiger charge is -2.05. The van der Waals surface area contributed by atoms with Gasteiger partial charge < -0.3 is 5.32 Å². The summed E-state index contributed by atoms with van der Waals surface area (Å²) in [4.78, 5) is 0. The van der Waals surface area contributed by atoms with Gasteiger partial charge in [-0.05, 0) is 12.6 Å². The summed E-state index contributed by atoms with van der Waals surface area (Å²) in [6, 6.07) is 0. The van der Waals surface area contributed by atoms with Gasteiger partial charge in [0, 0.05) is 7.05 Å². The van der Waals surface area contributed by atoms with Gasteiger partial charge in [-0.2, -0.15) is 0 Å². The van der Waals surface area contributed by atoms with E-state index >= 15 is 0 Å². The monoisotopic (exact) mass is 185 g/mol. The first-order chi connectivity index (χ1) is 6.27. The van der Waals surface area contributed by atoms with E-state index in [1.54, 1.807) is 0 Å². The number of rotatable bonds is 1. The Kier molecular flexibility index (Phi) is 16.3. The molecule has 0 radical (unpaired) electrons. The molecule has 0 aromatic heterocycles. The highest BCUT2D eigenvalue weighted by atomic mass is 14.8. The Morgan fingerprint density at radius 3 is 1.15 bits per heavy atom. The van der Waals surface area contributed by atoms with Crippen molar-refractivity contribution in [3.05, 3.63) is 12.3 Å². The quantitative estimate of drug-likeness (QED) is 0.648. The molecule has 0 amide bonds. The summed E-state index contributed by atoms with van der Waals surface area (Å²) >= 11 is 0. The van der Waals surface area contributed by atoms with Crippen LogP contribution in [0.3, 0.4) is 0 Å². The second-order valence-electron chi connectivity index (χ2n) is 3.15. The van der Waals surface area contributed by atoms with Crippen molar-refractivity contribution in [2.24, 2.45) is 0 Å². The van der Waals surface area contributed by atoms with Crippen molar-refractivity contribution < 1.29 is 0 Å².